The number of esters is 1. The lowest BCUT2D eigenvalue weighted by Gasteiger charge is -2.28. The minimum atomic E-state index is -0.507. The number of hydrogen-bond acceptors (Lipinski definition) is 5. The summed E-state index contributed by atoms with van der Waals surface area (Å²) in [6.07, 6.45) is 3.41. The van der Waals surface area contributed by atoms with E-state index in [9.17, 15) is 9.59 Å². The Morgan fingerprint density at radius 2 is 1.69 bits per heavy atom. The first kappa shape index (κ1) is 25.5. The maximum absolute atomic E-state index is 13.3. The second kappa shape index (κ2) is 11.9. The lowest BCUT2D eigenvalue weighted by molar-refractivity contribution is 0.0602. The highest BCUT2D eigenvalue weighted by molar-refractivity contribution is 6.09. The average Bonchev–Trinajstić information content (AvgIpc) is 2.90. The second-order valence-electron chi connectivity index (χ2n) is 9.43. The van der Waals surface area contributed by atoms with Gasteiger partial charge in [0.15, 0.2) is 0 Å². The van der Waals surface area contributed by atoms with Crippen LogP contribution in [0, 0.1) is 12.8 Å². The molecule has 1 N–H and O–H groups in total. The Morgan fingerprint density at radius 3 is 2.42 bits per heavy atom. The molecule has 1 saturated heterocycles. The number of carbonyl (C=O) groups excluding carboxylic acids is 2. The summed E-state index contributed by atoms with van der Waals surface area (Å²) in [7, 11) is 3.49. The molecular weight excluding hydrogens is 452 g/mol. The van der Waals surface area contributed by atoms with Gasteiger partial charge in [-0.25, -0.2) is 4.79 Å². The van der Waals surface area contributed by atoms with Crippen LogP contribution in [0.15, 0.2) is 66.7 Å². The minimum absolute atomic E-state index is 0.300. The molecule has 1 aliphatic rings. The van der Waals surface area contributed by atoms with Crippen molar-refractivity contribution in [3.63, 3.8) is 0 Å². The molecule has 1 heterocycles. The lowest BCUT2D eigenvalue weighted by atomic mass is 9.94. The molecule has 1 fully saturated rings. The summed E-state index contributed by atoms with van der Waals surface area (Å²) in [5.74, 6) is 0.546. The lowest BCUT2D eigenvalue weighted by Crippen LogP contribution is -2.30. The molecule has 0 aliphatic carbocycles. The molecule has 4 rings (SSSR count). The Bertz CT molecular complexity index is 1200. The fourth-order valence-electron chi connectivity index (χ4n) is 4.57. The van der Waals surface area contributed by atoms with Crippen LogP contribution in [0.3, 0.4) is 0 Å². The Morgan fingerprint density at radius 1 is 0.944 bits per heavy atom. The number of carbonyl (C=O) groups is 2. The van der Waals surface area contributed by atoms with E-state index in [4.69, 9.17) is 9.47 Å². The smallest absolute Gasteiger partial charge is 0.339 e. The van der Waals surface area contributed by atoms with E-state index in [-0.39, 0.29) is 5.91 Å². The molecule has 0 radical (unpaired) electrons. The first-order valence-corrected chi connectivity index (χ1v) is 12.5. The van der Waals surface area contributed by atoms with Crippen LogP contribution in [-0.4, -0.2) is 50.6 Å². The van der Waals surface area contributed by atoms with Crippen molar-refractivity contribution in [1.29, 1.82) is 0 Å². The van der Waals surface area contributed by atoms with Gasteiger partial charge in [-0.05, 0) is 93.2 Å². The number of methoxy groups -OCH3 is 1. The van der Waals surface area contributed by atoms with Crippen LogP contribution in [0.25, 0.3) is 11.1 Å². The zero-order valence-electron chi connectivity index (χ0n) is 21.3. The zero-order chi connectivity index (χ0) is 25.5. The summed E-state index contributed by atoms with van der Waals surface area (Å²) < 4.78 is 11.0. The van der Waals surface area contributed by atoms with E-state index in [1.54, 1.807) is 18.2 Å². The van der Waals surface area contributed by atoms with Gasteiger partial charge in [-0.2, -0.15) is 0 Å². The van der Waals surface area contributed by atoms with Crippen molar-refractivity contribution in [3.8, 4) is 16.9 Å². The SMILES string of the molecule is COC(=O)c1ccc(-c2ccccc2)cc1NC(=O)c1cc(OCCC2CCN(C)CC2)ccc1C. The first-order valence-electron chi connectivity index (χ1n) is 12.5. The molecule has 3 aromatic carbocycles. The predicted molar refractivity (Wildman–Crippen MR) is 143 cm³/mol. The number of nitrogens with zero attached hydrogens (tertiary/aromatic N) is 1. The van der Waals surface area contributed by atoms with Crippen molar-refractivity contribution in [1.82, 2.24) is 4.90 Å². The quantitative estimate of drug-likeness (QED) is 0.407. The highest BCUT2D eigenvalue weighted by Gasteiger charge is 2.19. The Hall–Kier alpha value is -3.64. The van der Waals surface area contributed by atoms with E-state index in [0.29, 0.717) is 35.1 Å². The van der Waals surface area contributed by atoms with Crippen molar-refractivity contribution in [2.75, 3.05) is 39.2 Å². The van der Waals surface area contributed by atoms with Gasteiger partial charge < -0.3 is 19.7 Å². The van der Waals surface area contributed by atoms with Crippen LogP contribution in [0.2, 0.25) is 0 Å². The number of anilines is 1. The van der Waals surface area contributed by atoms with Gasteiger partial charge in [-0.3, -0.25) is 4.79 Å². The standard InChI is InChI=1S/C30H34N2O4/c1-21-9-11-25(36-18-15-22-13-16-32(2)17-14-22)20-27(21)29(33)31-28-19-24(23-7-5-4-6-8-23)10-12-26(28)30(34)35-3/h4-12,19-20,22H,13-18H2,1-3H3,(H,31,33). The molecule has 0 aromatic heterocycles. The van der Waals surface area contributed by atoms with Crippen molar-refractivity contribution >= 4 is 17.6 Å². The molecule has 0 atom stereocenters. The van der Waals surface area contributed by atoms with E-state index >= 15 is 0 Å². The number of ether oxygens (including phenoxy) is 2. The first-order chi connectivity index (χ1) is 17.4. The van der Waals surface area contributed by atoms with Gasteiger partial charge in [0.25, 0.3) is 5.91 Å². The van der Waals surface area contributed by atoms with E-state index in [0.717, 1.165) is 36.2 Å². The van der Waals surface area contributed by atoms with Gasteiger partial charge in [0, 0.05) is 5.56 Å². The Labute approximate surface area is 213 Å². The molecule has 1 amide bonds. The number of nitrogens with one attached hydrogen (secondary N) is 1. The topological polar surface area (TPSA) is 67.9 Å². The Kier molecular flexibility index (Phi) is 8.39. The Balaban J connectivity index is 1.49. The van der Waals surface area contributed by atoms with E-state index in [2.05, 4.69) is 17.3 Å². The maximum Gasteiger partial charge on any atom is 0.339 e. The van der Waals surface area contributed by atoms with Crippen LogP contribution in [0.5, 0.6) is 5.75 Å². The van der Waals surface area contributed by atoms with Gasteiger partial charge in [0.05, 0.1) is 25.0 Å². The average molecular weight is 487 g/mol. The highest BCUT2D eigenvalue weighted by Crippen LogP contribution is 2.28. The third kappa shape index (κ3) is 6.32. The van der Waals surface area contributed by atoms with Crippen molar-refractivity contribution in [3.05, 3.63) is 83.4 Å². The number of rotatable bonds is 8. The van der Waals surface area contributed by atoms with Gasteiger partial charge >= 0.3 is 5.97 Å². The normalized spacial score (nSPS) is 14.3. The summed E-state index contributed by atoms with van der Waals surface area (Å²) in [6, 6.07) is 20.7. The number of amides is 1. The predicted octanol–water partition coefficient (Wildman–Crippen LogP) is 5.81. The van der Waals surface area contributed by atoms with Crippen LogP contribution in [-0.2, 0) is 4.74 Å². The van der Waals surface area contributed by atoms with Gasteiger partial charge in [-0.1, -0.05) is 42.5 Å². The van der Waals surface area contributed by atoms with Gasteiger partial charge in [-0.15, -0.1) is 0 Å². The number of piperidine rings is 1. The van der Waals surface area contributed by atoms with E-state index in [1.807, 2.05) is 55.5 Å². The summed E-state index contributed by atoms with van der Waals surface area (Å²) in [6.45, 7) is 4.79. The summed E-state index contributed by atoms with van der Waals surface area (Å²) >= 11 is 0. The molecular formula is C30H34N2O4. The molecule has 188 valence electrons. The molecule has 6 heteroatoms. The fourth-order valence-corrected chi connectivity index (χ4v) is 4.57. The molecule has 6 nitrogen and oxygen atoms in total. The highest BCUT2D eigenvalue weighted by atomic mass is 16.5. The van der Waals surface area contributed by atoms with Crippen molar-refractivity contribution in [2.24, 2.45) is 5.92 Å². The van der Waals surface area contributed by atoms with Gasteiger partial charge in [0.1, 0.15) is 5.75 Å². The van der Waals surface area contributed by atoms with Gasteiger partial charge in [0.2, 0.25) is 0 Å². The summed E-state index contributed by atoms with van der Waals surface area (Å²) in [5.41, 5.74) is 3.92. The monoisotopic (exact) mass is 486 g/mol. The van der Waals surface area contributed by atoms with Crippen LogP contribution >= 0.6 is 0 Å². The van der Waals surface area contributed by atoms with Crippen LogP contribution in [0.4, 0.5) is 5.69 Å². The van der Waals surface area contributed by atoms with Crippen molar-refractivity contribution < 1.29 is 19.1 Å². The third-order valence-corrected chi connectivity index (χ3v) is 6.87. The van der Waals surface area contributed by atoms with Crippen LogP contribution in [0.1, 0.15) is 45.5 Å². The largest absolute Gasteiger partial charge is 0.494 e. The molecule has 0 saturated carbocycles. The second-order valence-corrected chi connectivity index (χ2v) is 9.43. The number of aryl methyl sites for hydroxylation is 1. The fraction of sp³-hybridized carbons (Fsp3) is 0.333. The van der Waals surface area contributed by atoms with Crippen molar-refractivity contribution in [2.45, 2.75) is 26.2 Å². The maximum atomic E-state index is 13.3. The number of benzene rings is 3. The number of likely N-dealkylation sites (tertiary alicyclic amines) is 1. The third-order valence-electron chi connectivity index (χ3n) is 6.87. The molecule has 0 spiro atoms. The summed E-state index contributed by atoms with van der Waals surface area (Å²) in [4.78, 5) is 28.1. The molecule has 3 aromatic rings. The summed E-state index contributed by atoms with van der Waals surface area (Å²) in [5, 5.41) is 2.93. The minimum Gasteiger partial charge on any atom is -0.494 e. The number of hydrogen-bond donors (Lipinski definition) is 1. The van der Waals surface area contributed by atoms with E-state index in [1.165, 1.54) is 20.0 Å². The molecule has 0 bridgehead atoms. The zero-order valence-corrected chi connectivity index (χ0v) is 21.3. The molecule has 36 heavy (non-hydrogen) atoms. The van der Waals surface area contributed by atoms with E-state index < -0.39 is 5.97 Å². The molecule has 1 aliphatic heterocycles. The van der Waals surface area contributed by atoms with Crippen LogP contribution < -0.4 is 10.1 Å². The molecule has 0 unspecified atom stereocenters.